The topological polar surface area (TPSA) is 47.3 Å². The van der Waals surface area contributed by atoms with Crippen molar-refractivity contribution in [1.82, 2.24) is 5.43 Å². The van der Waals surface area contributed by atoms with E-state index in [2.05, 4.69) is 46.5 Å². The molecule has 0 bridgehead atoms. The highest BCUT2D eigenvalue weighted by Crippen LogP contribution is 2.27. The van der Waals surface area contributed by atoms with Crippen molar-refractivity contribution in [1.29, 1.82) is 0 Å². The van der Waals surface area contributed by atoms with Crippen molar-refractivity contribution >= 4 is 15.9 Å². The zero-order chi connectivity index (χ0) is 15.1. The monoisotopic (exact) mass is 348 g/mol. The van der Waals surface area contributed by atoms with Crippen LogP contribution in [0.4, 0.5) is 0 Å². The highest BCUT2D eigenvalue weighted by atomic mass is 79.9. The molecule has 0 fully saturated rings. The van der Waals surface area contributed by atoms with Gasteiger partial charge >= 0.3 is 0 Å². The Balaban J connectivity index is 2.18. The van der Waals surface area contributed by atoms with E-state index in [1.54, 1.807) is 0 Å². The van der Waals surface area contributed by atoms with Crippen molar-refractivity contribution in [2.45, 2.75) is 25.8 Å². The van der Waals surface area contributed by atoms with Gasteiger partial charge < -0.3 is 4.74 Å². The SMILES string of the molecule is CCCOc1ccccc1C(Cc1ccc(Br)cc1)NN. The predicted octanol–water partition coefficient (Wildman–Crippen LogP) is 3.99. The van der Waals surface area contributed by atoms with Gasteiger partial charge in [0.1, 0.15) is 5.75 Å². The van der Waals surface area contributed by atoms with E-state index in [1.165, 1.54) is 5.56 Å². The van der Waals surface area contributed by atoms with E-state index in [4.69, 9.17) is 10.6 Å². The maximum Gasteiger partial charge on any atom is 0.124 e. The number of para-hydroxylation sites is 1. The van der Waals surface area contributed by atoms with E-state index in [0.717, 1.165) is 28.6 Å². The molecule has 0 aromatic heterocycles. The predicted molar refractivity (Wildman–Crippen MR) is 90.1 cm³/mol. The molecule has 1 atom stereocenters. The molecule has 2 aromatic rings. The summed E-state index contributed by atoms with van der Waals surface area (Å²) in [6.45, 7) is 2.82. The Bertz CT molecular complexity index is 557. The normalized spacial score (nSPS) is 12.1. The summed E-state index contributed by atoms with van der Waals surface area (Å²) in [7, 11) is 0. The zero-order valence-electron chi connectivity index (χ0n) is 12.2. The zero-order valence-corrected chi connectivity index (χ0v) is 13.8. The molecule has 0 aliphatic carbocycles. The quantitative estimate of drug-likeness (QED) is 0.587. The number of rotatable bonds is 7. The number of benzene rings is 2. The molecule has 112 valence electrons. The number of halogens is 1. The Morgan fingerprint density at radius 3 is 2.52 bits per heavy atom. The van der Waals surface area contributed by atoms with Crippen LogP contribution in [0, 0.1) is 0 Å². The molecule has 3 nitrogen and oxygen atoms in total. The molecule has 1 unspecified atom stereocenters. The lowest BCUT2D eigenvalue weighted by Crippen LogP contribution is -2.30. The van der Waals surface area contributed by atoms with E-state index in [0.29, 0.717) is 6.61 Å². The molecule has 3 N–H and O–H groups in total. The summed E-state index contributed by atoms with van der Waals surface area (Å²) in [5.74, 6) is 6.67. The van der Waals surface area contributed by atoms with Crippen LogP contribution in [-0.2, 0) is 6.42 Å². The maximum atomic E-state index is 5.82. The fraction of sp³-hybridized carbons (Fsp3) is 0.294. The third-order valence-corrected chi connectivity index (χ3v) is 3.84. The third-order valence-electron chi connectivity index (χ3n) is 3.31. The molecular weight excluding hydrogens is 328 g/mol. The summed E-state index contributed by atoms with van der Waals surface area (Å²) in [6, 6.07) is 16.4. The Hall–Kier alpha value is -1.36. The standard InChI is InChI=1S/C17H21BrN2O/c1-2-11-21-17-6-4-3-5-15(17)16(20-19)12-13-7-9-14(18)10-8-13/h3-10,16,20H,2,11-12,19H2,1H3. The lowest BCUT2D eigenvalue weighted by Gasteiger charge is -2.20. The molecule has 0 saturated carbocycles. The van der Waals surface area contributed by atoms with Crippen LogP contribution in [0.15, 0.2) is 53.0 Å². The highest BCUT2D eigenvalue weighted by Gasteiger charge is 2.15. The maximum absolute atomic E-state index is 5.82. The van der Waals surface area contributed by atoms with Crippen LogP contribution in [0.5, 0.6) is 5.75 Å². The summed E-state index contributed by atoms with van der Waals surface area (Å²) >= 11 is 3.45. The molecule has 0 aliphatic heterocycles. The molecule has 4 heteroatoms. The highest BCUT2D eigenvalue weighted by molar-refractivity contribution is 9.10. The second-order valence-corrected chi connectivity index (χ2v) is 5.85. The van der Waals surface area contributed by atoms with Gasteiger partial charge in [-0.1, -0.05) is 53.2 Å². The van der Waals surface area contributed by atoms with Gasteiger partial charge in [0.25, 0.3) is 0 Å². The molecule has 21 heavy (non-hydrogen) atoms. The number of nitrogens with one attached hydrogen (secondary N) is 1. The van der Waals surface area contributed by atoms with Crippen LogP contribution in [0.25, 0.3) is 0 Å². The molecular formula is C17H21BrN2O. The van der Waals surface area contributed by atoms with Crippen LogP contribution < -0.4 is 16.0 Å². The first kappa shape index (κ1) is 16.0. The number of ether oxygens (including phenoxy) is 1. The lowest BCUT2D eigenvalue weighted by atomic mass is 9.98. The van der Waals surface area contributed by atoms with Crippen LogP contribution in [-0.4, -0.2) is 6.61 Å². The summed E-state index contributed by atoms with van der Waals surface area (Å²) in [5, 5.41) is 0. The number of hydrogen-bond acceptors (Lipinski definition) is 3. The van der Waals surface area contributed by atoms with Gasteiger partial charge in [-0.3, -0.25) is 11.3 Å². The Morgan fingerprint density at radius 2 is 1.86 bits per heavy atom. The second kappa shape index (κ2) is 8.17. The summed E-state index contributed by atoms with van der Waals surface area (Å²) in [5.41, 5.74) is 5.23. The number of hydrogen-bond donors (Lipinski definition) is 2. The third kappa shape index (κ3) is 4.56. The summed E-state index contributed by atoms with van der Waals surface area (Å²) < 4.78 is 6.90. The van der Waals surface area contributed by atoms with Gasteiger partial charge in [-0.2, -0.15) is 0 Å². The average Bonchev–Trinajstić information content (AvgIpc) is 2.53. The average molecular weight is 349 g/mol. The van der Waals surface area contributed by atoms with E-state index >= 15 is 0 Å². The van der Waals surface area contributed by atoms with Crippen molar-refractivity contribution < 1.29 is 4.74 Å². The smallest absolute Gasteiger partial charge is 0.124 e. The van der Waals surface area contributed by atoms with Gasteiger partial charge in [0.05, 0.1) is 12.6 Å². The van der Waals surface area contributed by atoms with Gasteiger partial charge in [-0.05, 0) is 36.6 Å². The van der Waals surface area contributed by atoms with Crippen LogP contribution in [0.1, 0.15) is 30.5 Å². The van der Waals surface area contributed by atoms with E-state index < -0.39 is 0 Å². The first-order valence-corrected chi connectivity index (χ1v) is 7.96. The lowest BCUT2D eigenvalue weighted by molar-refractivity contribution is 0.310. The Morgan fingerprint density at radius 1 is 1.14 bits per heavy atom. The largest absolute Gasteiger partial charge is 0.493 e. The minimum absolute atomic E-state index is 0.0271. The Labute approximate surface area is 134 Å². The molecule has 0 spiro atoms. The van der Waals surface area contributed by atoms with E-state index in [-0.39, 0.29) is 6.04 Å². The molecule has 0 aliphatic rings. The van der Waals surface area contributed by atoms with Crippen molar-refractivity contribution in [3.63, 3.8) is 0 Å². The molecule has 0 amide bonds. The van der Waals surface area contributed by atoms with Crippen LogP contribution >= 0.6 is 15.9 Å². The Kier molecular flexibility index (Phi) is 6.23. The molecule has 2 aromatic carbocycles. The van der Waals surface area contributed by atoms with Crippen LogP contribution in [0.2, 0.25) is 0 Å². The van der Waals surface area contributed by atoms with Crippen molar-refractivity contribution in [3.05, 3.63) is 64.1 Å². The summed E-state index contributed by atoms with van der Waals surface area (Å²) in [4.78, 5) is 0. The van der Waals surface area contributed by atoms with Gasteiger partial charge in [-0.15, -0.1) is 0 Å². The minimum Gasteiger partial charge on any atom is -0.493 e. The van der Waals surface area contributed by atoms with Crippen LogP contribution in [0.3, 0.4) is 0 Å². The number of hydrazine groups is 1. The summed E-state index contributed by atoms with van der Waals surface area (Å²) in [6.07, 6.45) is 1.80. The molecule has 0 saturated heterocycles. The fourth-order valence-corrected chi connectivity index (χ4v) is 2.49. The fourth-order valence-electron chi connectivity index (χ4n) is 2.23. The van der Waals surface area contributed by atoms with Gasteiger partial charge in [-0.25, -0.2) is 0 Å². The van der Waals surface area contributed by atoms with Gasteiger partial charge in [0.2, 0.25) is 0 Å². The van der Waals surface area contributed by atoms with Gasteiger partial charge in [0, 0.05) is 10.0 Å². The second-order valence-electron chi connectivity index (χ2n) is 4.94. The molecule has 0 heterocycles. The van der Waals surface area contributed by atoms with Gasteiger partial charge in [0.15, 0.2) is 0 Å². The number of nitrogens with two attached hydrogens (primary N) is 1. The first-order valence-electron chi connectivity index (χ1n) is 7.17. The molecule has 0 radical (unpaired) electrons. The van der Waals surface area contributed by atoms with Crippen molar-refractivity contribution in [3.8, 4) is 5.75 Å². The van der Waals surface area contributed by atoms with Crippen molar-refractivity contribution in [2.75, 3.05) is 6.61 Å². The van der Waals surface area contributed by atoms with E-state index in [1.807, 2.05) is 30.3 Å². The van der Waals surface area contributed by atoms with E-state index in [9.17, 15) is 0 Å². The first-order chi connectivity index (χ1) is 10.2. The minimum atomic E-state index is 0.0271. The van der Waals surface area contributed by atoms with Crippen molar-refractivity contribution in [2.24, 2.45) is 5.84 Å². The molecule has 2 rings (SSSR count).